The van der Waals surface area contributed by atoms with Crippen molar-refractivity contribution < 1.29 is 4.42 Å². The van der Waals surface area contributed by atoms with E-state index in [0.29, 0.717) is 17.5 Å². The molecule has 6 aromatic carbocycles. The molecular weight excluding hydrogens is 526 g/mol. The zero-order valence-electron chi connectivity index (χ0n) is 23.2. The Labute approximate surface area is 249 Å². The SMILES string of the molecule is c1ccc(-c2nc(-c3ccccc3)nc(-c3cccc(-c4ccc5oc6c(-c7ccccc7)cccc6c5c4)c3)n2)cc1. The molecule has 4 heteroatoms. The van der Waals surface area contributed by atoms with E-state index in [4.69, 9.17) is 19.4 Å². The molecule has 4 nitrogen and oxygen atoms in total. The number of hydrogen-bond donors (Lipinski definition) is 0. The highest BCUT2D eigenvalue weighted by atomic mass is 16.3. The maximum absolute atomic E-state index is 6.41. The summed E-state index contributed by atoms with van der Waals surface area (Å²) in [7, 11) is 0. The zero-order valence-corrected chi connectivity index (χ0v) is 23.2. The van der Waals surface area contributed by atoms with Crippen molar-refractivity contribution in [3.63, 3.8) is 0 Å². The maximum Gasteiger partial charge on any atom is 0.164 e. The van der Waals surface area contributed by atoms with Crippen LogP contribution in [0.3, 0.4) is 0 Å². The average molecular weight is 552 g/mol. The molecule has 0 saturated heterocycles. The monoisotopic (exact) mass is 551 g/mol. The summed E-state index contributed by atoms with van der Waals surface area (Å²) < 4.78 is 6.41. The van der Waals surface area contributed by atoms with Crippen LogP contribution in [0.1, 0.15) is 0 Å². The molecular formula is C39H25N3O. The molecule has 0 atom stereocenters. The van der Waals surface area contributed by atoms with E-state index in [-0.39, 0.29) is 0 Å². The molecule has 0 N–H and O–H groups in total. The fraction of sp³-hybridized carbons (Fsp3) is 0. The highest BCUT2D eigenvalue weighted by molar-refractivity contribution is 6.10. The normalized spacial score (nSPS) is 11.3. The minimum absolute atomic E-state index is 0.636. The van der Waals surface area contributed by atoms with Gasteiger partial charge in [-0.15, -0.1) is 0 Å². The Kier molecular flexibility index (Phi) is 6.08. The predicted molar refractivity (Wildman–Crippen MR) is 174 cm³/mol. The van der Waals surface area contributed by atoms with Crippen LogP contribution in [-0.2, 0) is 0 Å². The smallest absolute Gasteiger partial charge is 0.164 e. The second kappa shape index (κ2) is 10.5. The van der Waals surface area contributed by atoms with E-state index in [2.05, 4.69) is 84.9 Å². The number of para-hydroxylation sites is 1. The van der Waals surface area contributed by atoms with Crippen molar-refractivity contribution in [2.24, 2.45) is 0 Å². The molecule has 0 aliphatic heterocycles. The highest BCUT2D eigenvalue weighted by Crippen LogP contribution is 2.38. The van der Waals surface area contributed by atoms with Crippen LogP contribution in [0, 0.1) is 0 Å². The standard InChI is InChI=1S/C39H25N3O/c1-4-12-26(13-5-1)32-20-11-21-33-34-25-30(22-23-35(34)43-36(32)33)29-18-10-19-31(24-29)39-41-37(27-14-6-2-7-15-27)40-38(42-39)28-16-8-3-9-17-28/h1-25H. The van der Waals surface area contributed by atoms with Gasteiger partial charge in [0.05, 0.1) is 0 Å². The number of fused-ring (bicyclic) bond motifs is 3. The van der Waals surface area contributed by atoms with Gasteiger partial charge in [0, 0.05) is 33.0 Å². The van der Waals surface area contributed by atoms with Gasteiger partial charge < -0.3 is 4.42 Å². The molecule has 0 saturated carbocycles. The maximum atomic E-state index is 6.41. The van der Waals surface area contributed by atoms with Gasteiger partial charge in [-0.05, 0) is 34.9 Å². The van der Waals surface area contributed by atoms with Gasteiger partial charge in [-0.1, -0.05) is 133 Å². The van der Waals surface area contributed by atoms with Gasteiger partial charge in [0.25, 0.3) is 0 Å². The first kappa shape index (κ1) is 24.9. The molecule has 0 bridgehead atoms. The average Bonchev–Trinajstić information content (AvgIpc) is 3.47. The fourth-order valence-electron chi connectivity index (χ4n) is 5.60. The molecule has 8 aromatic rings. The summed E-state index contributed by atoms with van der Waals surface area (Å²) in [5.41, 5.74) is 9.02. The first-order chi connectivity index (χ1) is 21.3. The van der Waals surface area contributed by atoms with Crippen LogP contribution >= 0.6 is 0 Å². The fourth-order valence-corrected chi connectivity index (χ4v) is 5.60. The third-order valence-corrected chi connectivity index (χ3v) is 7.74. The van der Waals surface area contributed by atoms with Gasteiger partial charge in [0.15, 0.2) is 17.5 Å². The Morgan fingerprint density at radius 1 is 0.349 bits per heavy atom. The lowest BCUT2D eigenvalue weighted by Gasteiger charge is -2.09. The minimum Gasteiger partial charge on any atom is -0.455 e. The summed E-state index contributed by atoms with van der Waals surface area (Å²) in [6.45, 7) is 0. The lowest BCUT2D eigenvalue weighted by molar-refractivity contribution is 0.670. The Bertz CT molecular complexity index is 2170. The number of benzene rings is 6. The largest absolute Gasteiger partial charge is 0.455 e. The summed E-state index contributed by atoms with van der Waals surface area (Å²) in [5.74, 6) is 1.93. The molecule has 0 spiro atoms. The number of furan rings is 1. The second-order valence-electron chi connectivity index (χ2n) is 10.5. The van der Waals surface area contributed by atoms with E-state index in [1.54, 1.807) is 0 Å². The number of hydrogen-bond acceptors (Lipinski definition) is 4. The van der Waals surface area contributed by atoms with Gasteiger partial charge >= 0.3 is 0 Å². The second-order valence-corrected chi connectivity index (χ2v) is 10.5. The van der Waals surface area contributed by atoms with Crippen molar-refractivity contribution in [1.82, 2.24) is 15.0 Å². The summed E-state index contributed by atoms with van der Waals surface area (Å²) in [5, 5.41) is 2.19. The lowest BCUT2D eigenvalue weighted by atomic mass is 9.99. The van der Waals surface area contributed by atoms with Crippen molar-refractivity contribution in [1.29, 1.82) is 0 Å². The summed E-state index contributed by atoms with van der Waals surface area (Å²) >= 11 is 0. The predicted octanol–water partition coefficient (Wildman–Crippen LogP) is 10.1. The molecule has 0 amide bonds. The first-order valence-corrected chi connectivity index (χ1v) is 14.3. The number of nitrogens with zero attached hydrogens (tertiary/aromatic N) is 3. The van der Waals surface area contributed by atoms with Gasteiger partial charge in [0.1, 0.15) is 11.2 Å². The highest BCUT2D eigenvalue weighted by Gasteiger charge is 2.15. The molecule has 0 unspecified atom stereocenters. The van der Waals surface area contributed by atoms with Crippen LogP contribution < -0.4 is 0 Å². The van der Waals surface area contributed by atoms with Crippen molar-refractivity contribution >= 4 is 21.9 Å². The van der Waals surface area contributed by atoms with Gasteiger partial charge in [-0.2, -0.15) is 0 Å². The van der Waals surface area contributed by atoms with Crippen molar-refractivity contribution in [2.75, 3.05) is 0 Å². The van der Waals surface area contributed by atoms with Crippen LogP contribution in [0.15, 0.2) is 156 Å². The number of rotatable bonds is 5. The molecule has 2 aromatic heterocycles. The number of aromatic nitrogens is 3. The molecule has 0 radical (unpaired) electrons. The summed E-state index contributed by atoms with van der Waals surface area (Å²) in [6.07, 6.45) is 0. The van der Waals surface area contributed by atoms with E-state index < -0.39 is 0 Å². The van der Waals surface area contributed by atoms with E-state index >= 15 is 0 Å². The molecule has 2 heterocycles. The zero-order chi connectivity index (χ0) is 28.6. The van der Waals surface area contributed by atoms with Gasteiger partial charge in [0.2, 0.25) is 0 Å². The Hall–Kier alpha value is -5.87. The Morgan fingerprint density at radius 3 is 1.51 bits per heavy atom. The van der Waals surface area contributed by atoms with Crippen molar-refractivity contribution in [2.45, 2.75) is 0 Å². The molecule has 8 rings (SSSR count). The molecule has 0 aliphatic rings. The van der Waals surface area contributed by atoms with Crippen molar-refractivity contribution in [3.05, 3.63) is 152 Å². The topological polar surface area (TPSA) is 51.8 Å². The third-order valence-electron chi connectivity index (χ3n) is 7.74. The van der Waals surface area contributed by atoms with Crippen LogP contribution in [-0.4, -0.2) is 15.0 Å². The summed E-state index contributed by atoms with van der Waals surface area (Å²) in [4.78, 5) is 14.7. The van der Waals surface area contributed by atoms with Crippen LogP contribution in [0.2, 0.25) is 0 Å². The molecule has 202 valence electrons. The van der Waals surface area contributed by atoms with Crippen LogP contribution in [0.25, 0.3) is 78.4 Å². The van der Waals surface area contributed by atoms with E-state index in [1.165, 1.54) is 0 Å². The first-order valence-electron chi connectivity index (χ1n) is 14.3. The lowest BCUT2D eigenvalue weighted by Crippen LogP contribution is -2.00. The van der Waals surface area contributed by atoms with Crippen LogP contribution in [0.5, 0.6) is 0 Å². The minimum atomic E-state index is 0.636. The molecule has 0 aliphatic carbocycles. The quantitative estimate of drug-likeness (QED) is 0.214. The van der Waals surface area contributed by atoms with E-state index in [9.17, 15) is 0 Å². The Morgan fingerprint density at radius 2 is 0.860 bits per heavy atom. The molecule has 43 heavy (non-hydrogen) atoms. The third kappa shape index (κ3) is 4.65. The van der Waals surface area contributed by atoms with Gasteiger partial charge in [-0.25, -0.2) is 15.0 Å². The van der Waals surface area contributed by atoms with E-state index in [0.717, 1.165) is 60.9 Å². The summed E-state index contributed by atoms with van der Waals surface area (Å²) in [6, 6.07) is 51.6. The van der Waals surface area contributed by atoms with Crippen molar-refractivity contribution in [3.8, 4) is 56.4 Å². The van der Waals surface area contributed by atoms with Gasteiger partial charge in [-0.3, -0.25) is 0 Å². The molecule has 0 fully saturated rings. The Balaban J connectivity index is 1.24. The van der Waals surface area contributed by atoms with Crippen LogP contribution in [0.4, 0.5) is 0 Å². The van der Waals surface area contributed by atoms with E-state index in [1.807, 2.05) is 66.7 Å².